The molecule has 5 heteroatoms. The molecule has 0 atom stereocenters. The Balaban J connectivity index is 1.18. The van der Waals surface area contributed by atoms with E-state index in [4.69, 9.17) is 15.0 Å². The smallest absolute Gasteiger partial charge is 0.164 e. The maximum Gasteiger partial charge on any atom is 0.164 e. The van der Waals surface area contributed by atoms with Crippen LogP contribution in [0.5, 0.6) is 0 Å². The van der Waals surface area contributed by atoms with Crippen LogP contribution in [0.3, 0.4) is 0 Å². The molecule has 12 rings (SSSR count). The SMILES string of the molecule is c1ccc(-c2nc(-c3ccccc3)nc(-c3cccc(-n4c5cccc6c7ccccc7n7c(-c8ccccc8)c(-c8ccccc8)c8ccc4c(c65)c87)c3)n2)cc1. The standard InChI is InChI=1S/C53H33N5/c1-5-17-34(18-6-1)46-42-31-32-45-48-47-41(40-27-13-14-29-43(40)58(50(42)48)49(46)35-19-7-2-8-20-35)28-16-30-44(47)57(45)39-26-15-25-38(33-39)53-55-51(36-21-9-3-10-22-36)54-52(56-53)37-23-11-4-12-24-37/h1-33H. The van der Waals surface area contributed by atoms with Gasteiger partial charge in [0.2, 0.25) is 0 Å². The first-order chi connectivity index (χ1) is 28.8. The quantitative estimate of drug-likeness (QED) is 0.171. The van der Waals surface area contributed by atoms with Gasteiger partial charge in [-0.3, -0.25) is 0 Å². The number of hydrogen-bond acceptors (Lipinski definition) is 3. The summed E-state index contributed by atoms with van der Waals surface area (Å²) in [4.78, 5) is 15.1. The predicted octanol–water partition coefficient (Wildman–Crippen LogP) is 13.3. The fraction of sp³-hybridized carbons (Fsp3) is 0. The van der Waals surface area contributed by atoms with Crippen LogP contribution >= 0.6 is 0 Å². The molecule has 0 spiro atoms. The molecule has 0 aliphatic carbocycles. The molecule has 0 amide bonds. The van der Waals surface area contributed by atoms with Crippen molar-refractivity contribution in [3.63, 3.8) is 0 Å². The molecule has 0 N–H and O–H groups in total. The lowest BCUT2D eigenvalue weighted by atomic mass is 9.97. The van der Waals surface area contributed by atoms with Gasteiger partial charge in [0.15, 0.2) is 17.5 Å². The van der Waals surface area contributed by atoms with Crippen LogP contribution in [0, 0.1) is 0 Å². The molecular formula is C53H33N5. The van der Waals surface area contributed by atoms with Crippen molar-refractivity contribution in [2.75, 3.05) is 0 Å². The first kappa shape index (κ1) is 32.4. The van der Waals surface area contributed by atoms with Gasteiger partial charge in [0, 0.05) is 49.5 Å². The summed E-state index contributed by atoms with van der Waals surface area (Å²) in [6, 6.07) is 70.9. The van der Waals surface area contributed by atoms with Crippen LogP contribution in [0.1, 0.15) is 0 Å². The Labute approximate surface area is 334 Å². The van der Waals surface area contributed by atoms with Crippen molar-refractivity contribution in [3.8, 4) is 62.2 Å². The van der Waals surface area contributed by atoms with Gasteiger partial charge in [-0.25, -0.2) is 15.0 Å². The number of nitrogens with zero attached hydrogens (tertiary/aromatic N) is 5. The maximum absolute atomic E-state index is 5.08. The normalized spacial score (nSPS) is 11.8. The molecule has 58 heavy (non-hydrogen) atoms. The second-order valence-corrected chi connectivity index (χ2v) is 14.8. The second kappa shape index (κ2) is 12.8. The zero-order valence-corrected chi connectivity index (χ0v) is 31.3. The number of fused-ring (bicyclic) bond motifs is 3. The minimum absolute atomic E-state index is 0.627. The highest BCUT2D eigenvalue weighted by Gasteiger charge is 2.27. The highest BCUT2D eigenvalue weighted by Crippen LogP contribution is 2.49. The van der Waals surface area contributed by atoms with E-state index in [9.17, 15) is 0 Å². The topological polar surface area (TPSA) is 48.0 Å². The Hall–Kier alpha value is -7.89. The minimum Gasteiger partial charge on any atom is -0.309 e. The first-order valence-electron chi connectivity index (χ1n) is 19.6. The summed E-state index contributed by atoms with van der Waals surface area (Å²) in [5.41, 5.74) is 13.3. The van der Waals surface area contributed by atoms with Crippen molar-refractivity contribution >= 4 is 49.0 Å². The number of aromatic nitrogens is 5. The summed E-state index contributed by atoms with van der Waals surface area (Å²) in [6.45, 7) is 0. The van der Waals surface area contributed by atoms with Gasteiger partial charge in [-0.15, -0.1) is 0 Å². The molecule has 0 bridgehead atoms. The molecule has 270 valence electrons. The summed E-state index contributed by atoms with van der Waals surface area (Å²) >= 11 is 0. The van der Waals surface area contributed by atoms with Crippen molar-refractivity contribution in [3.05, 3.63) is 200 Å². The molecule has 5 nitrogen and oxygen atoms in total. The third-order valence-corrected chi connectivity index (χ3v) is 11.5. The van der Waals surface area contributed by atoms with Crippen LogP contribution in [0.25, 0.3) is 111 Å². The molecule has 0 fully saturated rings. The van der Waals surface area contributed by atoms with Gasteiger partial charge in [-0.2, -0.15) is 0 Å². The third-order valence-electron chi connectivity index (χ3n) is 11.5. The van der Waals surface area contributed by atoms with Gasteiger partial charge in [0.1, 0.15) is 0 Å². The molecular weight excluding hydrogens is 707 g/mol. The maximum atomic E-state index is 5.08. The zero-order chi connectivity index (χ0) is 38.2. The molecule has 0 unspecified atom stereocenters. The summed E-state index contributed by atoms with van der Waals surface area (Å²) in [6.07, 6.45) is 0. The lowest BCUT2D eigenvalue weighted by Crippen LogP contribution is -2.01. The lowest BCUT2D eigenvalue weighted by Gasteiger charge is -2.12. The van der Waals surface area contributed by atoms with Gasteiger partial charge >= 0.3 is 0 Å². The van der Waals surface area contributed by atoms with E-state index in [-0.39, 0.29) is 0 Å². The van der Waals surface area contributed by atoms with Crippen LogP contribution in [0.2, 0.25) is 0 Å². The number of rotatable bonds is 6. The lowest BCUT2D eigenvalue weighted by molar-refractivity contribution is 1.07. The van der Waals surface area contributed by atoms with E-state index in [1.54, 1.807) is 0 Å². The largest absolute Gasteiger partial charge is 0.309 e. The second-order valence-electron chi connectivity index (χ2n) is 14.8. The van der Waals surface area contributed by atoms with Crippen molar-refractivity contribution in [2.45, 2.75) is 0 Å². The van der Waals surface area contributed by atoms with Gasteiger partial charge in [-0.05, 0) is 46.8 Å². The van der Waals surface area contributed by atoms with Crippen LogP contribution in [-0.2, 0) is 0 Å². The molecule has 0 radical (unpaired) electrons. The molecule has 0 saturated heterocycles. The molecule has 0 aliphatic heterocycles. The van der Waals surface area contributed by atoms with Crippen molar-refractivity contribution in [1.82, 2.24) is 23.9 Å². The zero-order valence-electron chi connectivity index (χ0n) is 31.3. The van der Waals surface area contributed by atoms with E-state index in [0.717, 1.165) is 33.4 Å². The van der Waals surface area contributed by atoms with Gasteiger partial charge in [-0.1, -0.05) is 170 Å². The third kappa shape index (κ3) is 4.87. The fourth-order valence-electron chi connectivity index (χ4n) is 9.05. The van der Waals surface area contributed by atoms with E-state index >= 15 is 0 Å². The molecule has 0 aliphatic rings. The van der Waals surface area contributed by atoms with E-state index in [0.29, 0.717) is 17.5 Å². The average Bonchev–Trinajstić information content (AvgIpc) is 3.79. The van der Waals surface area contributed by atoms with Gasteiger partial charge < -0.3 is 8.97 Å². The molecule has 4 heterocycles. The Morgan fingerprint density at radius 3 is 1.50 bits per heavy atom. The Kier molecular flexibility index (Phi) is 7.16. The molecule has 8 aromatic carbocycles. The Bertz CT molecular complexity index is 3420. The van der Waals surface area contributed by atoms with Crippen LogP contribution in [0.4, 0.5) is 0 Å². The molecule has 4 aromatic heterocycles. The monoisotopic (exact) mass is 739 g/mol. The van der Waals surface area contributed by atoms with Crippen LogP contribution < -0.4 is 0 Å². The van der Waals surface area contributed by atoms with Crippen LogP contribution in [-0.4, -0.2) is 23.9 Å². The van der Waals surface area contributed by atoms with Crippen molar-refractivity contribution in [1.29, 1.82) is 0 Å². The van der Waals surface area contributed by atoms with Gasteiger partial charge in [0.25, 0.3) is 0 Å². The highest BCUT2D eigenvalue weighted by atomic mass is 15.0. The van der Waals surface area contributed by atoms with E-state index in [1.165, 1.54) is 60.3 Å². The Morgan fingerprint density at radius 1 is 0.328 bits per heavy atom. The van der Waals surface area contributed by atoms with Crippen molar-refractivity contribution in [2.24, 2.45) is 0 Å². The first-order valence-corrected chi connectivity index (χ1v) is 19.6. The van der Waals surface area contributed by atoms with E-state index in [1.807, 2.05) is 60.7 Å². The predicted molar refractivity (Wildman–Crippen MR) is 238 cm³/mol. The highest BCUT2D eigenvalue weighted by molar-refractivity contribution is 6.32. The summed E-state index contributed by atoms with van der Waals surface area (Å²) in [5, 5.41) is 6.14. The molecule has 12 aromatic rings. The van der Waals surface area contributed by atoms with Crippen molar-refractivity contribution < 1.29 is 0 Å². The average molecular weight is 740 g/mol. The number of para-hydroxylation sites is 1. The summed E-state index contributed by atoms with van der Waals surface area (Å²) in [7, 11) is 0. The van der Waals surface area contributed by atoms with Gasteiger partial charge in [0.05, 0.1) is 27.8 Å². The Morgan fingerprint density at radius 2 is 0.828 bits per heavy atom. The summed E-state index contributed by atoms with van der Waals surface area (Å²) in [5.74, 6) is 1.91. The summed E-state index contributed by atoms with van der Waals surface area (Å²) < 4.78 is 4.95. The van der Waals surface area contributed by atoms with E-state index < -0.39 is 0 Å². The molecule has 0 saturated carbocycles. The van der Waals surface area contributed by atoms with E-state index in [2.05, 4.69) is 148 Å². The van der Waals surface area contributed by atoms with Crippen LogP contribution in [0.15, 0.2) is 200 Å². The number of benzene rings is 8. The number of hydrogen-bond donors (Lipinski definition) is 0. The fourth-order valence-corrected chi connectivity index (χ4v) is 9.05. The minimum atomic E-state index is 0.627.